The summed E-state index contributed by atoms with van der Waals surface area (Å²) in [5.74, 6) is -0.142. The molecule has 0 atom stereocenters. The number of nitrogens with zero attached hydrogens (tertiary/aromatic N) is 3. The summed E-state index contributed by atoms with van der Waals surface area (Å²) >= 11 is 7.39. The summed E-state index contributed by atoms with van der Waals surface area (Å²) in [4.78, 5) is 18.2. The van der Waals surface area contributed by atoms with E-state index in [2.05, 4.69) is 15.4 Å². The number of nitrogens with one attached hydrogen (secondary N) is 1. The molecule has 130 valence electrons. The number of rotatable bonds is 4. The molecule has 1 amide bonds. The van der Waals surface area contributed by atoms with Gasteiger partial charge in [-0.25, -0.2) is 0 Å². The van der Waals surface area contributed by atoms with Gasteiger partial charge in [0.1, 0.15) is 4.83 Å². The molecule has 0 aliphatic heterocycles. The highest BCUT2D eigenvalue weighted by molar-refractivity contribution is 7.20. The maximum atomic E-state index is 12.5. The van der Waals surface area contributed by atoms with Crippen molar-refractivity contribution in [2.75, 3.05) is 5.32 Å². The number of amides is 1. The van der Waals surface area contributed by atoms with Crippen LogP contribution in [0, 0.1) is 6.92 Å². The average Bonchev–Trinajstić information content (AvgIpc) is 3.20. The van der Waals surface area contributed by atoms with E-state index in [1.54, 1.807) is 18.5 Å². The number of anilines is 1. The average molecular weight is 383 g/mol. The summed E-state index contributed by atoms with van der Waals surface area (Å²) in [6.45, 7) is 2.59. The van der Waals surface area contributed by atoms with E-state index in [4.69, 9.17) is 11.6 Å². The number of hydrogen-bond donors (Lipinski definition) is 1. The molecule has 3 aromatic heterocycles. The molecule has 7 heteroatoms. The molecular weight excluding hydrogens is 368 g/mol. The molecule has 0 aliphatic rings. The first-order chi connectivity index (χ1) is 12.6. The number of aromatic nitrogens is 3. The third-order valence-electron chi connectivity index (χ3n) is 4.00. The molecule has 4 aromatic rings. The predicted octanol–water partition coefficient (Wildman–Crippen LogP) is 4.76. The Balaban J connectivity index is 1.62. The molecule has 4 rings (SSSR count). The summed E-state index contributed by atoms with van der Waals surface area (Å²) in [6, 6.07) is 13.2. The molecule has 26 heavy (non-hydrogen) atoms. The number of aryl methyl sites for hydroxylation is 1. The number of benzene rings is 1. The minimum absolute atomic E-state index is 0.142. The Bertz CT molecular complexity index is 1070. The molecule has 0 saturated heterocycles. The second-order valence-corrected chi connectivity index (χ2v) is 7.36. The molecule has 1 aromatic carbocycles. The summed E-state index contributed by atoms with van der Waals surface area (Å²) in [7, 11) is 0. The predicted molar refractivity (Wildman–Crippen MR) is 105 cm³/mol. The van der Waals surface area contributed by atoms with E-state index < -0.39 is 0 Å². The number of pyridine rings is 1. The molecule has 1 N–H and O–H groups in total. The molecule has 0 bridgehead atoms. The fraction of sp³-hybridized carbons (Fsp3) is 0.105. The quantitative estimate of drug-likeness (QED) is 0.553. The number of halogens is 1. The maximum Gasteiger partial charge on any atom is 0.265 e. The van der Waals surface area contributed by atoms with E-state index in [9.17, 15) is 4.79 Å². The van der Waals surface area contributed by atoms with Crippen LogP contribution in [0.25, 0.3) is 10.2 Å². The van der Waals surface area contributed by atoms with E-state index in [-0.39, 0.29) is 5.91 Å². The zero-order valence-electron chi connectivity index (χ0n) is 13.9. The Morgan fingerprint density at radius 2 is 2.08 bits per heavy atom. The first-order valence-electron chi connectivity index (χ1n) is 8.03. The van der Waals surface area contributed by atoms with Gasteiger partial charge >= 0.3 is 0 Å². The normalized spacial score (nSPS) is 11.0. The highest BCUT2D eigenvalue weighted by atomic mass is 35.5. The standard InChI is InChI=1S/C19H15ClN4OS/c1-12-16-9-17(18(25)22-15-3-2-8-21-10-15)26-19(16)24(23-12)11-13-4-6-14(20)7-5-13/h2-10H,11H2,1H3,(H,22,25). The molecule has 3 heterocycles. The van der Waals surface area contributed by atoms with Crippen molar-refractivity contribution < 1.29 is 4.79 Å². The third kappa shape index (κ3) is 3.34. The summed E-state index contributed by atoms with van der Waals surface area (Å²) in [5, 5.41) is 9.18. The Morgan fingerprint density at radius 3 is 2.81 bits per heavy atom. The summed E-state index contributed by atoms with van der Waals surface area (Å²) < 4.78 is 1.93. The maximum absolute atomic E-state index is 12.5. The van der Waals surface area contributed by atoms with Crippen molar-refractivity contribution >= 4 is 44.7 Å². The molecule has 0 saturated carbocycles. The van der Waals surface area contributed by atoms with Crippen molar-refractivity contribution in [3.05, 3.63) is 76.0 Å². The number of carbonyl (C=O) groups is 1. The van der Waals surface area contributed by atoms with Gasteiger partial charge in [-0.15, -0.1) is 11.3 Å². The largest absolute Gasteiger partial charge is 0.320 e. The number of hydrogen-bond acceptors (Lipinski definition) is 4. The third-order valence-corrected chi connectivity index (χ3v) is 5.40. The molecule has 0 fully saturated rings. The molecule has 0 spiro atoms. The van der Waals surface area contributed by atoms with E-state index in [0.717, 1.165) is 21.5 Å². The van der Waals surface area contributed by atoms with Crippen LogP contribution < -0.4 is 5.32 Å². The monoisotopic (exact) mass is 382 g/mol. The lowest BCUT2D eigenvalue weighted by atomic mass is 10.2. The van der Waals surface area contributed by atoms with Crippen LogP contribution in [0.5, 0.6) is 0 Å². The fourth-order valence-electron chi connectivity index (χ4n) is 2.72. The molecule has 0 aliphatic carbocycles. The van der Waals surface area contributed by atoms with Crippen LogP contribution in [0.1, 0.15) is 20.9 Å². The van der Waals surface area contributed by atoms with Gasteiger partial charge in [-0.05, 0) is 42.8 Å². The first kappa shape index (κ1) is 16.8. The van der Waals surface area contributed by atoms with Crippen molar-refractivity contribution in [3.8, 4) is 0 Å². The van der Waals surface area contributed by atoms with Crippen LogP contribution in [-0.2, 0) is 6.54 Å². The van der Waals surface area contributed by atoms with Crippen molar-refractivity contribution in [1.29, 1.82) is 0 Å². The van der Waals surface area contributed by atoms with Crippen molar-refractivity contribution in [1.82, 2.24) is 14.8 Å². The van der Waals surface area contributed by atoms with Crippen molar-refractivity contribution in [3.63, 3.8) is 0 Å². The molecule has 0 radical (unpaired) electrons. The van der Waals surface area contributed by atoms with Gasteiger partial charge in [-0.3, -0.25) is 14.5 Å². The molecule has 0 unspecified atom stereocenters. The van der Waals surface area contributed by atoms with Crippen molar-refractivity contribution in [2.24, 2.45) is 0 Å². The van der Waals surface area contributed by atoms with Crippen LogP contribution >= 0.6 is 22.9 Å². The zero-order valence-corrected chi connectivity index (χ0v) is 15.5. The van der Waals surface area contributed by atoms with E-state index >= 15 is 0 Å². The Hall–Kier alpha value is -2.70. The second kappa shape index (κ2) is 6.90. The Labute approximate surface area is 159 Å². The lowest BCUT2D eigenvalue weighted by Gasteiger charge is -2.03. The zero-order chi connectivity index (χ0) is 18.1. The Morgan fingerprint density at radius 1 is 1.27 bits per heavy atom. The summed E-state index contributed by atoms with van der Waals surface area (Å²) in [6.07, 6.45) is 3.29. The highest BCUT2D eigenvalue weighted by Gasteiger charge is 2.16. The topological polar surface area (TPSA) is 59.8 Å². The minimum atomic E-state index is -0.142. The smallest absolute Gasteiger partial charge is 0.265 e. The van der Waals surface area contributed by atoms with Gasteiger partial charge in [0.25, 0.3) is 5.91 Å². The molecule has 5 nitrogen and oxygen atoms in total. The number of carbonyl (C=O) groups excluding carboxylic acids is 1. The first-order valence-corrected chi connectivity index (χ1v) is 9.22. The number of thiophene rings is 1. The fourth-order valence-corrected chi connectivity index (χ4v) is 3.91. The van der Waals surface area contributed by atoms with Crippen LogP contribution in [0.2, 0.25) is 5.02 Å². The SMILES string of the molecule is Cc1nn(Cc2ccc(Cl)cc2)c2sc(C(=O)Nc3cccnc3)cc12. The second-order valence-electron chi connectivity index (χ2n) is 5.89. The highest BCUT2D eigenvalue weighted by Crippen LogP contribution is 2.29. The van der Waals surface area contributed by atoms with E-state index in [0.29, 0.717) is 22.1 Å². The van der Waals surface area contributed by atoms with Gasteiger partial charge in [0.15, 0.2) is 0 Å². The van der Waals surface area contributed by atoms with Gasteiger partial charge < -0.3 is 5.32 Å². The van der Waals surface area contributed by atoms with Gasteiger partial charge in [0, 0.05) is 16.6 Å². The minimum Gasteiger partial charge on any atom is -0.320 e. The van der Waals surface area contributed by atoms with Crippen molar-refractivity contribution in [2.45, 2.75) is 13.5 Å². The molecular formula is C19H15ClN4OS. The van der Waals surface area contributed by atoms with Crippen LogP contribution in [0.3, 0.4) is 0 Å². The van der Waals surface area contributed by atoms with Crippen LogP contribution in [0.15, 0.2) is 54.9 Å². The number of fused-ring (bicyclic) bond motifs is 1. The summed E-state index contributed by atoms with van der Waals surface area (Å²) in [5.41, 5.74) is 2.69. The van der Waals surface area contributed by atoms with E-state index in [1.165, 1.54) is 11.3 Å². The van der Waals surface area contributed by atoms with Gasteiger partial charge in [0.05, 0.1) is 29.0 Å². The van der Waals surface area contributed by atoms with Gasteiger partial charge in [-0.1, -0.05) is 23.7 Å². The lowest BCUT2D eigenvalue weighted by molar-refractivity contribution is 0.103. The lowest BCUT2D eigenvalue weighted by Crippen LogP contribution is -2.10. The van der Waals surface area contributed by atoms with E-state index in [1.807, 2.05) is 48.0 Å². The van der Waals surface area contributed by atoms with Gasteiger partial charge in [-0.2, -0.15) is 5.10 Å². The van der Waals surface area contributed by atoms with Crippen LogP contribution in [0.4, 0.5) is 5.69 Å². The van der Waals surface area contributed by atoms with Crippen LogP contribution in [-0.4, -0.2) is 20.7 Å². The van der Waals surface area contributed by atoms with Gasteiger partial charge in [0.2, 0.25) is 0 Å². The Kier molecular flexibility index (Phi) is 4.44.